The molecule has 1 aromatic rings. The van der Waals surface area contributed by atoms with Gasteiger partial charge in [0.15, 0.2) is 0 Å². The maximum atomic E-state index is 9.46. The number of fused-ring (bicyclic) bond motifs is 1. The Labute approximate surface area is 86.8 Å². The molecule has 0 aromatic heterocycles. The van der Waals surface area contributed by atoms with Crippen LogP contribution in [0.5, 0.6) is 5.75 Å². The van der Waals surface area contributed by atoms with Gasteiger partial charge >= 0.3 is 0 Å². The lowest BCUT2D eigenvalue weighted by molar-refractivity contribution is 0.140. The van der Waals surface area contributed by atoms with Crippen LogP contribution in [0.25, 0.3) is 0 Å². The van der Waals surface area contributed by atoms with Gasteiger partial charge < -0.3 is 9.84 Å². The number of ether oxygens (including phenoxy) is 1. The topological polar surface area (TPSA) is 29.5 Å². The number of rotatable bonds is 0. The van der Waals surface area contributed by atoms with Gasteiger partial charge in [0.25, 0.3) is 0 Å². The number of aliphatic hydroxyl groups is 1. The monoisotopic (exact) mass is 292 g/mol. The Balaban J connectivity index is 2.60. The molecule has 1 atom stereocenters. The molecule has 2 rings (SSSR count). The molecule has 0 bridgehead atoms. The van der Waals surface area contributed by atoms with Crippen molar-refractivity contribution < 1.29 is 9.84 Å². The van der Waals surface area contributed by atoms with E-state index in [4.69, 9.17) is 4.74 Å². The van der Waals surface area contributed by atoms with Crippen LogP contribution >= 0.6 is 31.9 Å². The second kappa shape index (κ2) is 3.01. The summed E-state index contributed by atoms with van der Waals surface area (Å²) in [4.78, 5) is 0. The molecule has 0 spiro atoms. The van der Waals surface area contributed by atoms with Gasteiger partial charge in [-0.15, -0.1) is 0 Å². The van der Waals surface area contributed by atoms with E-state index in [-0.39, 0.29) is 0 Å². The molecule has 0 aliphatic carbocycles. The molecule has 4 heteroatoms. The first-order chi connectivity index (χ1) is 5.68. The summed E-state index contributed by atoms with van der Waals surface area (Å²) < 4.78 is 7.10. The Morgan fingerprint density at radius 3 is 2.92 bits per heavy atom. The van der Waals surface area contributed by atoms with E-state index in [1.54, 1.807) is 0 Å². The Bertz CT molecular complexity index is 325. The Hall–Kier alpha value is -0.0600. The Morgan fingerprint density at radius 1 is 1.42 bits per heavy atom. The van der Waals surface area contributed by atoms with Gasteiger partial charge in [-0.05, 0) is 28.1 Å². The molecule has 0 amide bonds. The van der Waals surface area contributed by atoms with E-state index in [2.05, 4.69) is 31.9 Å². The second-order valence-electron chi connectivity index (χ2n) is 2.63. The van der Waals surface area contributed by atoms with Crippen molar-refractivity contribution in [3.8, 4) is 5.75 Å². The maximum Gasteiger partial charge on any atom is 0.139 e. The Morgan fingerprint density at radius 2 is 2.17 bits per heavy atom. The smallest absolute Gasteiger partial charge is 0.139 e. The summed E-state index contributed by atoms with van der Waals surface area (Å²) >= 11 is 6.71. The fourth-order valence-corrected chi connectivity index (χ4v) is 2.60. The van der Waals surface area contributed by atoms with Crippen LogP contribution in [0.1, 0.15) is 11.7 Å². The van der Waals surface area contributed by atoms with E-state index in [1.807, 2.05) is 12.1 Å². The van der Waals surface area contributed by atoms with Gasteiger partial charge in [0.1, 0.15) is 18.5 Å². The van der Waals surface area contributed by atoms with Gasteiger partial charge in [0.05, 0.1) is 4.47 Å². The molecule has 12 heavy (non-hydrogen) atoms. The van der Waals surface area contributed by atoms with E-state index >= 15 is 0 Å². The van der Waals surface area contributed by atoms with E-state index in [9.17, 15) is 5.11 Å². The third-order valence-corrected chi connectivity index (χ3v) is 2.83. The molecular weight excluding hydrogens is 288 g/mol. The van der Waals surface area contributed by atoms with Crippen molar-refractivity contribution in [1.29, 1.82) is 0 Å². The fourth-order valence-electron chi connectivity index (χ4n) is 1.23. The van der Waals surface area contributed by atoms with Crippen LogP contribution in [0.2, 0.25) is 0 Å². The highest BCUT2D eigenvalue weighted by Crippen LogP contribution is 2.40. The summed E-state index contributed by atoms with van der Waals surface area (Å²) in [5, 5.41) is 9.46. The van der Waals surface area contributed by atoms with Crippen molar-refractivity contribution in [2.75, 3.05) is 6.61 Å². The summed E-state index contributed by atoms with van der Waals surface area (Å²) in [6.45, 7) is 0.352. The lowest BCUT2D eigenvalue weighted by Gasteiger charge is -2.02. The molecule has 1 aromatic carbocycles. The highest BCUT2D eigenvalue weighted by atomic mass is 79.9. The van der Waals surface area contributed by atoms with Gasteiger partial charge in [0, 0.05) is 10.0 Å². The minimum atomic E-state index is -0.492. The second-order valence-corrected chi connectivity index (χ2v) is 4.40. The number of hydrogen-bond donors (Lipinski definition) is 1. The summed E-state index contributed by atoms with van der Waals surface area (Å²) in [5.74, 6) is 0.755. The predicted molar refractivity (Wildman–Crippen MR) is 52.3 cm³/mol. The third kappa shape index (κ3) is 1.28. The van der Waals surface area contributed by atoms with Crippen molar-refractivity contribution in [2.24, 2.45) is 0 Å². The zero-order valence-electron chi connectivity index (χ0n) is 6.05. The highest BCUT2D eigenvalue weighted by Gasteiger charge is 2.24. The maximum absolute atomic E-state index is 9.46. The lowest BCUT2D eigenvalue weighted by atomic mass is 10.1. The zero-order valence-corrected chi connectivity index (χ0v) is 9.22. The molecule has 1 unspecified atom stereocenters. The van der Waals surface area contributed by atoms with Gasteiger partial charge in [-0.3, -0.25) is 0 Å². The van der Waals surface area contributed by atoms with E-state index < -0.39 is 6.10 Å². The van der Waals surface area contributed by atoms with Crippen molar-refractivity contribution in [2.45, 2.75) is 6.10 Å². The highest BCUT2D eigenvalue weighted by molar-refractivity contribution is 9.11. The first-order valence-corrected chi connectivity index (χ1v) is 5.07. The van der Waals surface area contributed by atoms with Gasteiger partial charge in [-0.25, -0.2) is 0 Å². The molecule has 1 aliphatic heterocycles. The minimum Gasteiger partial charge on any atom is -0.489 e. The SMILES string of the molecule is OC1COc2c(Br)cc(Br)cc21. The number of benzene rings is 1. The van der Waals surface area contributed by atoms with Gasteiger partial charge in [0.2, 0.25) is 0 Å². The summed E-state index contributed by atoms with van der Waals surface area (Å²) in [6, 6.07) is 3.77. The molecule has 0 saturated heterocycles. The normalized spacial score (nSPS) is 20.4. The van der Waals surface area contributed by atoms with Crippen molar-refractivity contribution >= 4 is 31.9 Å². The average molecular weight is 294 g/mol. The first kappa shape index (κ1) is 8.53. The van der Waals surface area contributed by atoms with Gasteiger partial charge in [-0.2, -0.15) is 0 Å². The van der Waals surface area contributed by atoms with Crippen LogP contribution in [0.4, 0.5) is 0 Å². The minimum absolute atomic E-state index is 0.352. The van der Waals surface area contributed by atoms with Crippen LogP contribution in [0, 0.1) is 0 Å². The van der Waals surface area contributed by atoms with Crippen LogP contribution in [-0.2, 0) is 0 Å². The molecule has 0 radical (unpaired) electrons. The van der Waals surface area contributed by atoms with E-state index in [0.29, 0.717) is 6.61 Å². The largest absolute Gasteiger partial charge is 0.489 e. The molecule has 1 heterocycles. The average Bonchev–Trinajstić information content (AvgIpc) is 2.33. The molecule has 0 fully saturated rings. The third-order valence-electron chi connectivity index (χ3n) is 1.78. The summed E-state index contributed by atoms with van der Waals surface area (Å²) in [6.07, 6.45) is -0.492. The lowest BCUT2D eigenvalue weighted by Crippen LogP contribution is -1.97. The van der Waals surface area contributed by atoms with Crippen molar-refractivity contribution in [3.05, 3.63) is 26.6 Å². The quantitative estimate of drug-likeness (QED) is 0.797. The number of halogens is 2. The van der Waals surface area contributed by atoms with Crippen molar-refractivity contribution in [1.82, 2.24) is 0 Å². The number of aliphatic hydroxyl groups excluding tert-OH is 1. The van der Waals surface area contributed by atoms with Crippen molar-refractivity contribution in [3.63, 3.8) is 0 Å². The molecule has 1 aliphatic rings. The predicted octanol–water partition coefficient (Wildman–Crippen LogP) is 2.64. The zero-order chi connectivity index (χ0) is 8.72. The van der Waals surface area contributed by atoms with Crippen LogP contribution < -0.4 is 4.74 Å². The standard InChI is InChI=1S/C8H6Br2O2/c9-4-1-5-7(11)3-12-8(5)6(10)2-4/h1-2,7,11H,3H2. The Kier molecular flexibility index (Phi) is 2.14. The molecule has 2 nitrogen and oxygen atoms in total. The first-order valence-electron chi connectivity index (χ1n) is 3.48. The van der Waals surface area contributed by atoms with Crippen LogP contribution in [0.3, 0.4) is 0 Å². The number of hydrogen-bond acceptors (Lipinski definition) is 2. The molecule has 0 saturated carbocycles. The molecular formula is C8H6Br2O2. The van der Waals surface area contributed by atoms with Gasteiger partial charge in [-0.1, -0.05) is 15.9 Å². The van der Waals surface area contributed by atoms with Crippen LogP contribution in [-0.4, -0.2) is 11.7 Å². The summed E-state index contributed by atoms with van der Waals surface area (Å²) in [5.41, 5.74) is 0.844. The molecule has 64 valence electrons. The molecule has 1 N–H and O–H groups in total. The fraction of sp³-hybridized carbons (Fsp3) is 0.250. The van der Waals surface area contributed by atoms with E-state index in [0.717, 1.165) is 20.3 Å². The van der Waals surface area contributed by atoms with Crippen LogP contribution in [0.15, 0.2) is 21.1 Å². The summed E-state index contributed by atoms with van der Waals surface area (Å²) in [7, 11) is 0. The van der Waals surface area contributed by atoms with E-state index in [1.165, 1.54) is 0 Å².